The van der Waals surface area contributed by atoms with E-state index >= 15 is 0 Å². The van der Waals surface area contributed by atoms with Crippen LogP contribution in [0, 0.1) is 3.57 Å². The van der Waals surface area contributed by atoms with E-state index in [1.165, 1.54) is 17.9 Å². The zero-order valence-corrected chi connectivity index (χ0v) is 18.0. The molecular formula is C18H20IN7O4. The molecule has 1 saturated heterocycles. The van der Waals surface area contributed by atoms with Crippen molar-refractivity contribution >= 4 is 51.4 Å². The number of aliphatic hydroxyl groups excluding tert-OH is 2. The molecular weight excluding hydrogens is 505 g/mol. The van der Waals surface area contributed by atoms with Crippen molar-refractivity contribution in [3.05, 3.63) is 39.7 Å². The quantitative estimate of drug-likeness (QED) is 0.289. The third kappa shape index (κ3) is 3.78. The number of imidazole rings is 1. The number of benzene rings is 1. The predicted molar refractivity (Wildman–Crippen MR) is 116 cm³/mol. The second-order valence-corrected chi connectivity index (χ2v) is 8.03. The standard InChI is InChI=1S/C18H20IN7O4/c1-21-16(29)13-11(27)12(28)17(30-13)26-7-23-10-14(24-18(20)25-15(10)26)22-6-8-3-2-4-9(19)5-8/h2-5,7,11-13,17,27-28H,6H2,1H3,(H,21,29)(H3,20,22,24,25)/t11-,12+,13-,17+/m0/s1. The Kier molecular flexibility index (Phi) is 5.73. The highest BCUT2D eigenvalue weighted by molar-refractivity contribution is 14.1. The summed E-state index contributed by atoms with van der Waals surface area (Å²) < 4.78 is 8.14. The molecule has 2 aromatic heterocycles. The second-order valence-electron chi connectivity index (χ2n) is 6.78. The van der Waals surface area contributed by atoms with Crippen LogP contribution in [0.2, 0.25) is 0 Å². The van der Waals surface area contributed by atoms with Gasteiger partial charge in [0.1, 0.15) is 12.2 Å². The number of likely N-dealkylation sites (N-methyl/N-ethyl adjacent to an activating group) is 1. The van der Waals surface area contributed by atoms with Crippen molar-refractivity contribution in [2.75, 3.05) is 18.1 Å². The highest BCUT2D eigenvalue weighted by atomic mass is 127. The molecule has 1 aliphatic heterocycles. The van der Waals surface area contributed by atoms with Crippen molar-refractivity contribution in [2.45, 2.75) is 31.1 Å². The summed E-state index contributed by atoms with van der Waals surface area (Å²) in [4.78, 5) is 24.7. The number of nitrogens with one attached hydrogen (secondary N) is 2. The minimum atomic E-state index is -1.40. The van der Waals surface area contributed by atoms with Crippen molar-refractivity contribution in [1.29, 1.82) is 0 Å². The van der Waals surface area contributed by atoms with Gasteiger partial charge in [0.15, 0.2) is 29.3 Å². The van der Waals surface area contributed by atoms with Crippen LogP contribution >= 0.6 is 22.6 Å². The zero-order valence-electron chi connectivity index (χ0n) is 15.9. The van der Waals surface area contributed by atoms with E-state index in [9.17, 15) is 15.0 Å². The van der Waals surface area contributed by atoms with Gasteiger partial charge in [0.2, 0.25) is 5.95 Å². The number of anilines is 2. The molecule has 11 nitrogen and oxygen atoms in total. The van der Waals surface area contributed by atoms with Gasteiger partial charge in [0.25, 0.3) is 5.91 Å². The minimum absolute atomic E-state index is 0.00489. The lowest BCUT2D eigenvalue weighted by Crippen LogP contribution is -2.41. The van der Waals surface area contributed by atoms with Gasteiger partial charge in [0.05, 0.1) is 6.33 Å². The normalized spacial score (nSPS) is 23.6. The van der Waals surface area contributed by atoms with E-state index in [2.05, 4.69) is 48.2 Å². The summed E-state index contributed by atoms with van der Waals surface area (Å²) in [5.74, 6) is -0.112. The van der Waals surface area contributed by atoms with Crippen LogP contribution in [0.4, 0.5) is 11.8 Å². The number of hydrogen-bond acceptors (Lipinski definition) is 9. The van der Waals surface area contributed by atoms with Gasteiger partial charge in [-0.15, -0.1) is 0 Å². The van der Waals surface area contributed by atoms with Crippen molar-refractivity contribution < 1.29 is 19.7 Å². The number of nitrogens with two attached hydrogens (primary N) is 1. The monoisotopic (exact) mass is 525 g/mol. The Morgan fingerprint density at radius 3 is 2.87 bits per heavy atom. The SMILES string of the molecule is CNC(=O)[C@H]1O[C@@H](n2cnc3c(NCc4cccc(I)c4)nc(N)nc32)[C@H](O)[C@@H]1O. The van der Waals surface area contributed by atoms with E-state index in [0.29, 0.717) is 23.5 Å². The molecule has 3 aromatic rings. The second kappa shape index (κ2) is 8.29. The number of carbonyl (C=O) groups is 1. The highest BCUT2D eigenvalue weighted by Crippen LogP contribution is 2.33. The summed E-state index contributed by atoms with van der Waals surface area (Å²) in [6.07, 6.45) is -3.63. The maximum absolute atomic E-state index is 11.9. The summed E-state index contributed by atoms with van der Waals surface area (Å²) >= 11 is 2.24. The van der Waals surface area contributed by atoms with Gasteiger partial charge in [-0.25, -0.2) is 4.98 Å². The van der Waals surface area contributed by atoms with Crippen LogP contribution in [-0.2, 0) is 16.1 Å². The Morgan fingerprint density at radius 1 is 1.33 bits per heavy atom. The largest absolute Gasteiger partial charge is 0.387 e. The predicted octanol–water partition coefficient (Wildman–Crippen LogP) is -0.00960. The first-order valence-corrected chi connectivity index (χ1v) is 10.2. The Balaban J connectivity index is 1.64. The van der Waals surface area contributed by atoms with Crippen LogP contribution < -0.4 is 16.4 Å². The summed E-state index contributed by atoms with van der Waals surface area (Å²) in [5.41, 5.74) is 7.66. The summed E-state index contributed by atoms with van der Waals surface area (Å²) in [7, 11) is 1.42. The molecule has 12 heteroatoms. The summed E-state index contributed by atoms with van der Waals surface area (Å²) in [5, 5.41) is 26.2. The Bertz CT molecular complexity index is 1090. The van der Waals surface area contributed by atoms with E-state index in [4.69, 9.17) is 10.5 Å². The molecule has 1 aromatic carbocycles. The number of fused-ring (bicyclic) bond motifs is 1. The minimum Gasteiger partial charge on any atom is -0.387 e. The van der Waals surface area contributed by atoms with Crippen molar-refractivity contribution in [3.63, 3.8) is 0 Å². The number of amides is 1. The molecule has 4 rings (SSSR count). The molecule has 0 saturated carbocycles. The number of hydrogen-bond donors (Lipinski definition) is 5. The first-order valence-electron chi connectivity index (χ1n) is 9.10. The fourth-order valence-corrected chi connectivity index (χ4v) is 3.93. The third-order valence-corrected chi connectivity index (χ3v) is 5.48. The van der Waals surface area contributed by atoms with E-state index in [1.807, 2.05) is 24.3 Å². The molecule has 30 heavy (non-hydrogen) atoms. The molecule has 0 spiro atoms. The van der Waals surface area contributed by atoms with Crippen LogP contribution in [-0.4, -0.2) is 61.0 Å². The smallest absolute Gasteiger partial charge is 0.251 e. The number of ether oxygens (including phenoxy) is 1. The average Bonchev–Trinajstić information content (AvgIpc) is 3.27. The molecule has 6 N–H and O–H groups in total. The average molecular weight is 525 g/mol. The molecule has 0 bridgehead atoms. The van der Waals surface area contributed by atoms with Crippen molar-refractivity contribution in [1.82, 2.24) is 24.8 Å². The van der Waals surface area contributed by atoms with Crippen molar-refractivity contribution in [3.8, 4) is 0 Å². The number of nitrogen functional groups attached to an aromatic ring is 1. The molecule has 158 valence electrons. The van der Waals surface area contributed by atoms with Gasteiger partial charge in [0, 0.05) is 17.2 Å². The van der Waals surface area contributed by atoms with E-state index in [0.717, 1.165) is 9.13 Å². The Labute approximate surface area is 184 Å². The van der Waals surface area contributed by atoms with Gasteiger partial charge in [-0.2, -0.15) is 9.97 Å². The number of aliphatic hydroxyl groups is 2. The van der Waals surface area contributed by atoms with Crippen LogP contribution in [0.25, 0.3) is 11.2 Å². The number of halogens is 1. The third-order valence-electron chi connectivity index (χ3n) is 4.80. The van der Waals surface area contributed by atoms with E-state index in [-0.39, 0.29) is 5.95 Å². The molecule has 3 heterocycles. The van der Waals surface area contributed by atoms with Crippen LogP contribution in [0.3, 0.4) is 0 Å². The Morgan fingerprint density at radius 2 is 2.13 bits per heavy atom. The summed E-state index contributed by atoms with van der Waals surface area (Å²) in [6.45, 7) is 0.495. The maximum Gasteiger partial charge on any atom is 0.251 e. The van der Waals surface area contributed by atoms with E-state index in [1.54, 1.807) is 0 Å². The van der Waals surface area contributed by atoms with Gasteiger partial charge in [-0.3, -0.25) is 9.36 Å². The lowest BCUT2D eigenvalue weighted by molar-refractivity contribution is -0.137. The molecule has 4 atom stereocenters. The number of nitrogens with zero attached hydrogens (tertiary/aromatic N) is 4. The fraction of sp³-hybridized carbons (Fsp3) is 0.333. The van der Waals surface area contributed by atoms with Crippen LogP contribution in [0.1, 0.15) is 11.8 Å². The molecule has 0 radical (unpaired) electrons. The number of rotatable bonds is 5. The van der Waals surface area contributed by atoms with Crippen LogP contribution in [0.15, 0.2) is 30.6 Å². The first kappa shape index (κ1) is 20.7. The summed E-state index contributed by atoms with van der Waals surface area (Å²) in [6, 6.07) is 7.99. The Hall–Kier alpha value is -2.55. The highest BCUT2D eigenvalue weighted by Gasteiger charge is 2.47. The lowest BCUT2D eigenvalue weighted by Gasteiger charge is -2.16. The molecule has 1 aliphatic rings. The van der Waals surface area contributed by atoms with Gasteiger partial charge < -0.3 is 31.3 Å². The fourth-order valence-electron chi connectivity index (χ4n) is 3.32. The topological polar surface area (TPSA) is 160 Å². The van der Waals surface area contributed by atoms with Crippen molar-refractivity contribution in [2.24, 2.45) is 0 Å². The molecule has 1 fully saturated rings. The van der Waals surface area contributed by atoms with E-state index < -0.39 is 30.4 Å². The number of aromatic nitrogens is 4. The van der Waals surface area contributed by atoms with Gasteiger partial charge >= 0.3 is 0 Å². The molecule has 0 aliphatic carbocycles. The zero-order chi connectivity index (χ0) is 21.4. The lowest BCUT2D eigenvalue weighted by atomic mass is 10.1. The number of carbonyl (C=O) groups excluding carboxylic acids is 1. The first-order chi connectivity index (χ1) is 14.4. The maximum atomic E-state index is 11.9. The molecule has 1 amide bonds. The van der Waals surface area contributed by atoms with Gasteiger partial charge in [-0.1, -0.05) is 12.1 Å². The van der Waals surface area contributed by atoms with Gasteiger partial charge in [-0.05, 0) is 40.3 Å². The van der Waals surface area contributed by atoms with Crippen LogP contribution in [0.5, 0.6) is 0 Å². The molecule has 0 unspecified atom stereocenters.